The smallest absolute Gasteiger partial charge is 0.414 e. The number of ether oxygens (including phenoxy) is 2. The molecular formula is C24H29ClN2O7. The van der Waals surface area contributed by atoms with E-state index >= 15 is 0 Å². The van der Waals surface area contributed by atoms with Gasteiger partial charge in [-0.15, -0.1) is 0 Å². The van der Waals surface area contributed by atoms with Gasteiger partial charge in [-0.2, -0.15) is 0 Å². The third-order valence-electron chi connectivity index (χ3n) is 5.44. The van der Waals surface area contributed by atoms with Gasteiger partial charge in [0.1, 0.15) is 11.5 Å². The highest BCUT2D eigenvalue weighted by molar-refractivity contribution is 6.31. The maximum absolute atomic E-state index is 12.5. The second-order valence-electron chi connectivity index (χ2n) is 7.65. The third-order valence-corrected chi connectivity index (χ3v) is 5.81. The summed E-state index contributed by atoms with van der Waals surface area (Å²) in [7, 11) is 3.32. The van der Waals surface area contributed by atoms with Gasteiger partial charge >= 0.3 is 11.9 Å². The molecule has 0 bridgehead atoms. The molecule has 2 aromatic carbocycles. The molecule has 3 N–H and O–H groups in total. The van der Waals surface area contributed by atoms with Crippen molar-refractivity contribution in [2.45, 2.75) is 25.9 Å². The van der Waals surface area contributed by atoms with E-state index in [2.05, 4.69) is 10.2 Å². The number of aliphatic carboxylic acids is 2. The van der Waals surface area contributed by atoms with E-state index in [0.29, 0.717) is 11.6 Å². The highest BCUT2D eigenvalue weighted by atomic mass is 35.5. The summed E-state index contributed by atoms with van der Waals surface area (Å²) in [4.78, 5) is 33.1. The average Bonchev–Trinajstić information content (AvgIpc) is 2.84. The second-order valence-corrected chi connectivity index (χ2v) is 8.05. The maximum atomic E-state index is 12.5. The number of halogens is 1. The highest BCUT2D eigenvalue weighted by Crippen LogP contribution is 2.27. The van der Waals surface area contributed by atoms with Crippen molar-refractivity contribution in [3.63, 3.8) is 0 Å². The van der Waals surface area contributed by atoms with E-state index < -0.39 is 11.9 Å². The second kappa shape index (κ2) is 13.4. The van der Waals surface area contributed by atoms with E-state index in [4.69, 9.17) is 40.9 Å². The third kappa shape index (κ3) is 8.24. The van der Waals surface area contributed by atoms with Gasteiger partial charge in [-0.3, -0.25) is 9.69 Å². The van der Waals surface area contributed by atoms with Crippen molar-refractivity contribution >= 4 is 29.4 Å². The van der Waals surface area contributed by atoms with Crippen LogP contribution in [0.2, 0.25) is 5.02 Å². The number of carbonyl (C=O) groups excluding carboxylic acids is 1. The van der Waals surface area contributed by atoms with Gasteiger partial charge in [0.2, 0.25) is 5.91 Å². The molecule has 1 amide bonds. The van der Waals surface area contributed by atoms with Crippen molar-refractivity contribution < 1.29 is 34.1 Å². The number of nitrogens with zero attached hydrogens (tertiary/aromatic N) is 1. The van der Waals surface area contributed by atoms with Crippen molar-refractivity contribution in [3.05, 3.63) is 58.6 Å². The molecule has 34 heavy (non-hydrogen) atoms. The molecule has 1 aliphatic rings. The molecule has 0 saturated carbocycles. The van der Waals surface area contributed by atoms with Crippen molar-refractivity contribution in [2.24, 2.45) is 5.92 Å². The molecule has 3 rings (SSSR count). The zero-order valence-electron chi connectivity index (χ0n) is 19.1. The van der Waals surface area contributed by atoms with Crippen molar-refractivity contribution in [3.8, 4) is 11.5 Å². The number of carbonyl (C=O) groups is 3. The molecule has 0 aromatic heterocycles. The van der Waals surface area contributed by atoms with Crippen LogP contribution in [0.25, 0.3) is 0 Å². The van der Waals surface area contributed by atoms with E-state index in [1.54, 1.807) is 14.2 Å². The summed E-state index contributed by atoms with van der Waals surface area (Å²) < 4.78 is 10.7. The van der Waals surface area contributed by atoms with E-state index in [1.165, 1.54) is 0 Å². The summed E-state index contributed by atoms with van der Waals surface area (Å²) >= 11 is 6.16. The molecule has 0 unspecified atom stereocenters. The number of amides is 1. The van der Waals surface area contributed by atoms with Crippen LogP contribution in [0.15, 0.2) is 42.5 Å². The molecule has 0 spiro atoms. The Balaban J connectivity index is 0.000000604. The molecule has 2 aromatic rings. The SMILES string of the molecule is COc1ccc(CN2CCC(C(=O)NCc3ccccc3Cl)CC2)c(OC)c1.O=C(O)C(=O)O. The van der Waals surface area contributed by atoms with Gasteiger partial charge in [0.25, 0.3) is 0 Å². The van der Waals surface area contributed by atoms with Gasteiger partial charge in [-0.25, -0.2) is 9.59 Å². The van der Waals surface area contributed by atoms with Crippen LogP contribution in [-0.4, -0.2) is 60.3 Å². The first-order valence-electron chi connectivity index (χ1n) is 10.7. The minimum atomic E-state index is -1.82. The Bertz CT molecular complexity index is 979. The Morgan fingerprint density at radius 3 is 2.21 bits per heavy atom. The number of likely N-dealkylation sites (tertiary alicyclic amines) is 1. The fourth-order valence-corrected chi connectivity index (χ4v) is 3.75. The lowest BCUT2D eigenvalue weighted by Gasteiger charge is -2.31. The first-order valence-corrected chi connectivity index (χ1v) is 11.0. The van der Waals surface area contributed by atoms with Gasteiger partial charge in [0, 0.05) is 35.7 Å². The number of nitrogens with one attached hydrogen (secondary N) is 1. The topological polar surface area (TPSA) is 125 Å². The Kier molecular flexibility index (Phi) is 10.6. The molecule has 1 fully saturated rings. The fraction of sp³-hybridized carbons (Fsp3) is 0.375. The number of rotatable bonds is 7. The monoisotopic (exact) mass is 492 g/mol. The van der Waals surface area contributed by atoms with Crippen molar-refractivity contribution in [1.29, 1.82) is 0 Å². The number of carboxylic acid groups (broad SMARTS) is 2. The number of benzene rings is 2. The van der Waals surface area contributed by atoms with E-state index in [0.717, 1.165) is 55.1 Å². The largest absolute Gasteiger partial charge is 0.497 e. The van der Waals surface area contributed by atoms with Gasteiger partial charge in [-0.05, 0) is 43.6 Å². The lowest BCUT2D eigenvalue weighted by Crippen LogP contribution is -2.40. The minimum absolute atomic E-state index is 0.0523. The van der Waals surface area contributed by atoms with Crippen molar-refractivity contribution in [1.82, 2.24) is 10.2 Å². The van der Waals surface area contributed by atoms with Crippen LogP contribution >= 0.6 is 11.6 Å². The minimum Gasteiger partial charge on any atom is -0.497 e. The standard InChI is InChI=1S/C22H27ClN2O3.C2H2O4/c1-27-19-8-7-18(21(13-19)28-2)15-25-11-9-16(10-12-25)22(26)24-14-17-5-3-4-6-20(17)23;3-1(4)2(5)6/h3-8,13,16H,9-12,14-15H2,1-2H3,(H,24,26);(H,3,4)(H,5,6). The fourth-order valence-electron chi connectivity index (χ4n) is 3.55. The Hall–Kier alpha value is -3.30. The summed E-state index contributed by atoms with van der Waals surface area (Å²) in [5.74, 6) is -1.86. The molecule has 1 saturated heterocycles. The zero-order chi connectivity index (χ0) is 25.1. The lowest BCUT2D eigenvalue weighted by molar-refractivity contribution is -0.159. The summed E-state index contributed by atoms with van der Waals surface area (Å²) in [6.07, 6.45) is 1.71. The normalized spacial score (nSPS) is 13.9. The first kappa shape index (κ1) is 26.9. The van der Waals surface area contributed by atoms with Crippen LogP contribution in [-0.2, 0) is 27.5 Å². The van der Waals surface area contributed by atoms with Gasteiger partial charge in [0.15, 0.2) is 0 Å². The molecule has 0 radical (unpaired) electrons. The van der Waals surface area contributed by atoms with Crippen LogP contribution in [0.1, 0.15) is 24.0 Å². The molecule has 10 heteroatoms. The lowest BCUT2D eigenvalue weighted by atomic mass is 9.95. The van der Waals surface area contributed by atoms with Crippen molar-refractivity contribution in [2.75, 3.05) is 27.3 Å². The summed E-state index contributed by atoms with van der Waals surface area (Å²) in [6.45, 7) is 3.06. The van der Waals surface area contributed by atoms with Crippen LogP contribution in [0.4, 0.5) is 0 Å². The van der Waals surface area contributed by atoms with E-state index in [9.17, 15) is 4.79 Å². The number of hydrogen-bond acceptors (Lipinski definition) is 6. The number of piperidine rings is 1. The average molecular weight is 493 g/mol. The number of carboxylic acids is 2. The molecular weight excluding hydrogens is 464 g/mol. The summed E-state index contributed by atoms with van der Waals surface area (Å²) in [5, 5.41) is 18.5. The van der Waals surface area contributed by atoms with E-state index in [1.807, 2.05) is 42.5 Å². The van der Waals surface area contributed by atoms with Gasteiger partial charge < -0.3 is 25.0 Å². The highest BCUT2D eigenvalue weighted by Gasteiger charge is 2.25. The first-order chi connectivity index (χ1) is 16.2. The van der Waals surface area contributed by atoms with E-state index in [-0.39, 0.29) is 11.8 Å². The maximum Gasteiger partial charge on any atom is 0.414 e. The predicted molar refractivity (Wildman–Crippen MR) is 126 cm³/mol. The van der Waals surface area contributed by atoms with Gasteiger partial charge in [0.05, 0.1) is 14.2 Å². The Morgan fingerprint density at radius 2 is 1.65 bits per heavy atom. The molecule has 0 atom stereocenters. The molecule has 1 aliphatic heterocycles. The zero-order valence-corrected chi connectivity index (χ0v) is 19.9. The number of hydrogen-bond donors (Lipinski definition) is 3. The Labute approximate surface area is 203 Å². The predicted octanol–water partition coefficient (Wildman–Crippen LogP) is 3.04. The Morgan fingerprint density at radius 1 is 1.00 bits per heavy atom. The van der Waals surface area contributed by atoms with Crippen LogP contribution in [0.3, 0.4) is 0 Å². The summed E-state index contributed by atoms with van der Waals surface area (Å²) in [6, 6.07) is 13.5. The number of methoxy groups -OCH3 is 2. The summed E-state index contributed by atoms with van der Waals surface area (Å²) in [5.41, 5.74) is 2.08. The quantitative estimate of drug-likeness (QED) is 0.503. The molecule has 1 heterocycles. The van der Waals surface area contributed by atoms with Crippen LogP contribution < -0.4 is 14.8 Å². The van der Waals surface area contributed by atoms with Crippen LogP contribution in [0.5, 0.6) is 11.5 Å². The molecule has 0 aliphatic carbocycles. The molecule has 184 valence electrons. The molecule has 9 nitrogen and oxygen atoms in total. The van der Waals surface area contributed by atoms with Gasteiger partial charge in [-0.1, -0.05) is 35.9 Å². The van der Waals surface area contributed by atoms with Crippen LogP contribution in [0, 0.1) is 5.92 Å².